The van der Waals surface area contributed by atoms with Gasteiger partial charge in [0.15, 0.2) is 0 Å². The molecule has 0 bridgehead atoms. The number of carbonyl (C=O) groups is 3. The van der Waals surface area contributed by atoms with Gasteiger partial charge in [-0.3, -0.25) is 14.5 Å². The van der Waals surface area contributed by atoms with Crippen molar-refractivity contribution in [3.05, 3.63) is 35.4 Å². The van der Waals surface area contributed by atoms with Crippen LogP contribution < -0.4 is 10.6 Å². The molecular weight excluding hydrogens is 306 g/mol. The van der Waals surface area contributed by atoms with Gasteiger partial charge in [0.05, 0.1) is 0 Å². The maximum Gasteiger partial charge on any atom is 0.325 e. The molecule has 3 rings (SSSR count). The Kier molecular flexibility index (Phi) is 4.30. The number of rotatable bonds is 6. The Balaban J connectivity index is 1.51. The summed E-state index contributed by atoms with van der Waals surface area (Å²) in [4.78, 5) is 37.6. The van der Waals surface area contributed by atoms with Crippen molar-refractivity contribution >= 4 is 17.8 Å². The van der Waals surface area contributed by atoms with Crippen LogP contribution in [0.3, 0.4) is 0 Å². The van der Waals surface area contributed by atoms with E-state index in [9.17, 15) is 14.4 Å². The molecule has 6 heteroatoms. The minimum atomic E-state index is -0.835. The molecule has 2 N–H and O–H groups in total. The maximum absolute atomic E-state index is 12.5. The molecule has 2 fully saturated rings. The number of imide groups is 1. The van der Waals surface area contributed by atoms with E-state index in [1.165, 1.54) is 11.1 Å². The van der Waals surface area contributed by atoms with E-state index < -0.39 is 11.6 Å². The first-order chi connectivity index (χ1) is 11.4. The van der Waals surface area contributed by atoms with Gasteiger partial charge in [-0.2, -0.15) is 0 Å². The van der Waals surface area contributed by atoms with Gasteiger partial charge in [0.25, 0.3) is 5.91 Å². The standard InChI is InChI=1S/C18H23N3O3/c1-12-5-3-4-6-13(12)9-10-19-15(22)11-21-16(23)18(2,14-7-8-14)20-17(21)24/h3-6,14H,7-11H2,1-2H3,(H,19,22)(H,20,24)/t18-/m1/s1. The van der Waals surface area contributed by atoms with Gasteiger partial charge in [-0.15, -0.1) is 0 Å². The summed E-state index contributed by atoms with van der Waals surface area (Å²) in [5.41, 5.74) is 1.52. The molecule has 1 saturated heterocycles. The number of aryl methyl sites for hydroxylation is 1. The van der Waals surface area contributed by atoms with Crippen molar-refractivity contribution < 1.29 is 14.4 Å². The van der Waals surface area contributed by atoms with Gasteiger partial charge in [0.2, 0.25) is 5.91 Å². The molecule has 1 saturated carbocycles. The van der Waals surface area contributed by atoms with E-state index >= 15 is 0 Å². The Hall–Kier alpha value is -2.37. The van der Waals surface area contributed by atoms with Crippen molar-refractivity contribution in [3.8, 4) is 0 Å². The van der Waals surface area contributed by atoms with Crippen LogP contribution >= 0.6 is 0 Å². The van der Waals surface area contributed by atoms with E-state index in [-0.39, 0.29) is 24.3 Å². The van der Waals surface area contributed by atoms with Crippen LogP contribution in [0.2, 0.25) is 0 Å². The van der Waals surface area contributed by atoms with Gasteiger partial charge in [0, 0.05) is 6.54 Å². The van der Waals surface area contributed by atoms with Crippen LogP contribution in [0, 0.1) is 12.8 Å². The number of carbonyl (C=O) groups excluding carboxylic acids is 3. The minimum Gasteiger partial charge on any atom is -0.354 e. The number of nitrogens with zero attached hydrogens (tertiary/aromatic N) is 1. The first-order valence-electron chi connectivity index (χ1n) is 8.37. The smallest absolute Gasteiger partial charge is 0.325 e. The third kappa shape index (κ3) is 3.13. The molecule has 6 nitrogen and oxygen atoms in total. The van der Waals surface area contributed by atoms with Crippen molar-refractivity contribution in [3.63, 3.8) is 0 Å². The Morgan fingerprint density at radius 2 is 2.04 bits per heavy atom. The fourth-order valence-corrected chi connectivity index (χ4v) is 3.22. The summed E-state index contributed by atoms with van der Waals surface area (Å²) in [6, 6.07) is 7.54. The highest BCUT2D eigenvalue weighted by molar-refractivity contribution is 6.09. The first kappa shape index (κ1) is 16.5. The van der Waals surface area contributed by atoms with E-state index in [2.05, 4.69) is 10.6 Å². The predicted octanol–water partition coefficient (Wildman–Crippen LogP) is 1.37. The molecule has 1 aliphatic carbocycles. The highest BCUT2D eigenvalue weighted by Crippen LogP contribution is 2.42. The van der Waals surface area contributed by atoms with Crippen LogP contribution in [-0.4, -0.2) is 41.4 Å². The van der Waals surface area contributed by atoms with Crippen LogP contribution in [0.25, 0.3) is 0 Å². The lowest BCUT2D eigenvalue weighted by molar-refractivity contribution is -0.135. The molecule has 0 unspecified atom stereocenters. The highest BCUT2D eigenvalue weighted by Gasteiger charge is 2.56. The van der Waals surface area contributed by atoms with Crippen LogP contribution in [0.5, 0.6) is 0 Å². The van der Waals surface area contributed by atoms with E-state index in [0.29, 0.717) is 6.54 Å². The Morgan fingerprint density at radius 3 is 2.71 bits per heavy atom. The number of hydrogen-bond acceptors (Lipinski definition) is 3. The van der Waals surface area contributed by atoms with Crippen molar-refractivity contribution in [2.75, 3.05) is 13.1 Å². The third-order valence-electron chi connectivity index (χ3n) is 4.97. The van der Waals surface area contributed by atoms with Gasteiger partial charge in [-0.05, 0) is 50.2 Å². The summed E-state index contributed by atoms with van der Waals surface area (Å²) >= 11 is 0. The molecule has 0 radical (unpaired) electrons. The molecule has 1 aromatic rings. The van der Waals surface area contributed by atoms with Gasteiger partial charge >= 0.3 is 6.03 Å². The van der Waals surface area contributed by atoms with E-state index in [1.807, 2.05) is 31.2 Å². The van der Waals surface area contributed by atoms with E-state index in [1.54, 1.807) is 6.92 Å². The summed E-state index contributed by atoms with van der Waals surface area (Å²) in [5.74, 6) is -0.403. The fourth-order valence-electron chi connectivity index (χ4n) is 3.22. The Morgan fingerprint density at radius 1 is 1.33 bits per heavy atom. The summed E-state index contributed by atoms with van der Waals surface area (Å²) in [6.07, 6.45) is 2.61. The van der Waals surface area contributed by atoms with Crippen LogP contribution in [0.15, 0.2) is 24.3 Å². The second kappa shape index (κ2) is 6.26. The summed E-state index contributed by atoms with van der Waals surface area (Å²) in [5, 5.41) is 5.53. The maximum atomic E-state index is 12.5. The largest absolute Gasteiger partial charge is 0.354 e. The molecule has 0 aromatic heterocycles. The lowest BCUT2D eigenvalue weighted by Gasteiger charge is -2.20. The van der Waals surface area contributed by atoms with Gasteiger partial charge in [-0.25, -0.2) is 4.79 Å². The number of amides is 4. The number of urea groups is 1. The van der Waals surface area contributed by atoms with Crippen LogP contribution in [0.1, 0.15) is 30.9 Å². The molecule has 1 aromatic carbocycles. The Labute approximate surface area is 141 Å². The normalized spacial score (nSPS) is 23.3. The Bertz CT molecular complexity index is 684. The zero-order valence-corrected chi connectivity index (χ0v) is 14.1. The summed E-state index contributed by atoms with van der Waals surface area (Å²) in [7, 11) is 0. The highest BCUT2D eigenvalue weighted by atomic mass is 16.2. The minimum absolute atomic E-state index is 0.197. The molecule has 4 amide bonds. The van der Waals surface area contributed by atoms with Crippen molar-refractivity contribution in [2.24, 2.45) is 5.92 Å². The molecule has 1 aliphatic heterocycles. The second-order valence-electron chi connectivity index (χ2n) is 6.82. The quantitative estimate of drug-likeness (QED) is 0.774. The van der Waals surface area contributed by atoms with Crippen molar-refractivity contribution in [2.45, 2.75) is 38.6 Å². The van der Waals surface area contributed by atoms with Crippen molar-refractivity contribution in [1.29, 1.82) is 0 Å². The first-order valence-corrected chi connectivity index (χ1v) is 8.37. The van der Waals surface area contributed by atoms with Gasteiger partial charge in [-0.1, -0.05) is 24.3 Å². The van der Waals surface area contributed by atoms with Crippen LogP contribution in [0.4, 0.5) is 4.79 Å². The zero-order chi connectivity index (χ0) is 17.3. The molecule has 1 heterocycles. The lowest BCUT2D eigenvalue weighted by atomic mass is 9.96. The number of nitrogens with one attached hydrogen (secondary N) is 2. The monoisotopic (exact) mass is 329 g/mol. The number of benzene rings is 1. The van der Waals surface area contributed by atoms with Crippen molar-refractivity contribution in [1.82, 2.24) is 15.5 Å². The topological polar surface area (TPSA) is 78.5 Å². The van der Waals surface area contributed by atoms with Crippen LogP contribution in [-0.2, 0) is 16.0 Å². The van der Waals surface area contributed by atoms with Gasteiger partial charge in [0.1, 0.15) is 12.1 Å². The second-order valence-corrected chi connectivity index (χ2v) is 6.82. The van der Waals surface area contributed by atoms with E-state index in [0.717, 1.165) is 24.2 Å². The number of hydrogen-bond donors (Lipinski definition) is 2. The summed E-state index contributed by atoms with van der Waals surface area (Å²) in [6.45, 7) is 4.04. The average Bonchev–Trinajstić information content (AvgIpc) is 3.36. The lowest BCUT2D eigenvalue weighted by Crippen LogP contribution is -2.47. The SMILES string of the molecule is Cc1ccccc1CCNC(=O)CN1C(=O)N[C@](C)(C2CC2)C1=O. The van der Waals surface area contributed by atoms with E-state index in [4.69, 9.17) is 0 Å². The predicted molar refractivity (Wildman–Crippen MR) is 89.3 cm³/mol. The van der Waals surface area contributed by atoms with Gasteiger partial charge < -0.3 is 10.6 Å². The average molecular weight is 329 g/mol. The molecular formula is C18H23N3O3. The molecule has 1 atom stereocenters. The zero-order valence-electron chi connectivity index (χ0n) is 14.1. The molecule has 0 spiro atoms. The molecule has 128 valence electrons. The molecule has 24 heavy (non-hydrogen) atoms. The summed E-state index contributed by atoms with van der Waals surface area (Å²) < 4.78 is 0. The third-order valence-corrected chi connectivity index (χ3v) is 4.97. The molecule has 2 aliphatic rings. The fraction of sp³-hybridized carbons (Fsp3) is 0.500.